The first kappa shape index (κ1) is 16.8. The van der Waals surface area contributed by atoms with Crippen LogP contribution in [0.4, 0.5) is 5.69 Å². The number of anilines is 1. The summed E-state index contributed by atoms with van der Waals surface area (Å²) in [5.41, 5.74) is 2.69. The van der Waals surface area contributed by atoms with E-state index in [9.17, 15) is 4.79 Å². The fourth-order valence-electron chi connectivity index (χ4n) is 2.84. The highest BCUT2D eigenvalue weighted by atomic mass is 35.5. The van der Waals surface area contributed by atoms with Gasteiger partial charge in [-0.2, -0.15) is 0 Å². The van der Waals surface area contributed by atoms with Gasteiger partial charge in [0.2, 0.25) is 0 Å². The zero-order chi connectivity index (χ0) is 16.9. The van der Waals surface area contributed by atoms with E-state index in [-0.39, 0.29) is 5.78 Å². The zero-order valence-electron chi connectivity index (χ0n) is 13.6. The van der Waals surface area contributed by atoms with Gasteiger partial charge in [0, 0.05) is 35.8 Å². The molecule has 126 valence electrons. The Balaban J connectivity index is 1.81. The molecular formula is C19H20ClNO3. The number of carbonyl (C=O) groups is 1. The van der Waals surface area contributed by atoms with Crippen molar-refractivity contribution in [1.82, 2.24) is 0 Å². The van der Waals surface area contributed by atoms with Gasteiger partial charge in [-0.3, -0.25) is 4.79 Å². The molecule has 3 rings (SSSR count). The normalized spacial score (nSPS) is 14.5. The molecule has 4 nitrogen and oxygen atoms in total. The first-order valence-corrected chi connectivity index (χ1v) is 8.33. The van der Waals surface area contributed by atoms with Crippen LogP contribution >= 0.6 is 11.6 Å². The van der Waals surface area contributed by atoms with Gasteiger partial charge < -0.3 is 14.4 Å². The number of hydrogen-bond acceptors (Lipinski definition) is 4. The van der Waals surface area contributed by atoms with Crippen molar-refractivity contribution in [2.24, 2.45) is 0 Å². The van der Waals surface area contributed by atoms with Gasteiger partial charge in [-0.15, -0.1) is 0 Å². The lowest BCUT2D eigenvalue weighted by Crippen LogP contribution is -2.36. The van der Waals surface area contributed by atoms with Crippen molar-refractivity contribution < 1.29 is 14.3 Å². The Morgan fingerprint density at radius 3 is 2.54 bits per heavy atom. The molecule has 0 N–H and O–H groups in total. The van der Waals surface area contributed by atoms with Gasteiger partial charge in [0.15, 0.2) is 5.78 Å². The van der Waals surface area contributed by atoms with Crippen molar-refractivity contribution in [3.63, 3.8) is 0 Å². The second-order valence-electron chi connectivity index (χ2n) is 5.70. The summed E-state index contributed by atoms with van der Waals surface area (Å²) in [6.45, 7) is 3.00. The van der Waals surface area contributed by atoms with E-state index in [1.54, 1.807) is 31.4 Å². The average Bonchev–Trinajstić information content (AvgIpc) is 2.64. The molecule has 0 aliphatic carbocycles. The SMILES string of the molecule is COc1ccc(C(=O)Cc2ccc(Cl)cc2N2CCOCC2)cc1. The summed E-state index contributed by atoms with van der Waals surface area (Å²) in [6.07, 6.45) is 0.343. The van der Waals surface area contributed by atoms with E-state index >= 15 is 0 Å². The summed E-state index contributed by atoms with van der Waals surface area (Å²) in [5.74, 6) is 0.821. The van der Waals surface area contributed by atoms with E-state index in [0.717, 1.165) is 30.1 Å². The minimum Gasteiger partial charge on any atom is -0.497 e. The third-order valence-corrected chi connectivity index (χ3v) is 4.40. The lowest BCUT2D eigenvalue weighted by atomic mass is 10.0. The Bertz CT molecular complexity index is 709. The predicted octanol–water partition coefficient (Wildman–Crippen LogP) is 3.61. The molecule has 0 aromatic heterocycles. The second kappa shape index (κ2) is 7.69. The number of halogens is 1. The Morgan fingerprint density at radius 1 is 1.17 bits per heavy atom. The van der Waals surface area contributed by atoms with Crippen molar-refractivity contribution in [3.8, 4) is 5.75 Å². The van der Waals surface area contributed by atoms with Crippen LogP contribution in [0.2, 0.25) is 5.02 Å². The number of rotatable bonds is 5. The summed E-state index contributed by atoms with van der Waals surface area (Å²) in [5, 5.41) is 0.678. The molecule has 1 heterocycles. The number of ether oxygens (including phenoxy) is 2. The number of benzene rings is 2. The van der Waals surface area contributed by atoms with Crippen molar-refractivity contribution in [2.75, 3.05) is 38.3 Å². The molecule has 0 amide bonds. The Labute approximate surface area is 146 Å². The van der Waals surface area contributed by atoms with Gasteiger partial charge in [0.05, 0.1) is 20.3 Å². The molecular weight excluding hydrogens is 326 g/mol. The van der Waals surface area contributed by atoms with Gasteiger partial charge >= 0.3 is 0 Å². The lowest BCUT2D eigenvalue weighted by molar-refractivity contribution is 0.0993. The number of methoxy groups -OCH3 is 1. The molecule has 1 fully saturated rings. The minimum absolute atomic E-state index is 0.0782. The molecule has 2 aromatic rings. The molecule has 0 spiro atoms. The van der Waals surface area contributed by atoms with Gasteiger partial charge in [-0.1, -0.05) is 17.7 Å². The van der Waals surface area contributed by atoms with Gasteiger partial charge in [0.25, 0.3) is 0 Å². The number of ketones is 1. The summed E-state index contributed by atoms with van der Waals surface area (Å²) < 4.78 is 10.5. The highest BCUT2D eigenvalue weighted by molar-refractivity contribution is 6.30. The maximum Gasteiger partial charge on any atom is 0.167 e. The van der Waals surface area contributed by atoms with E-state index in [0.29, 0.717) is 30.2 Å². The maximum atomic E-state index is 12.6. The van der Waals surface area contributed by atoms with Crippen LogP contribution < -0.4 is 9.64 Å². The van der Waals surface area contributed by atoms with E-state index in [2.05, 4.69) is 4.90 Å². The van der Waals surface area contributed by atoms with Crippen LogP contribution in [0, 0.1) is 0 Å². The van der Waals surface area contributed by atoms with Crippen LogP contribution in [0.15, 0.2) is 42.5 Å². The quantitative estimate of drug-likeness (QED) is 0.776. The molecule has 5 heteroatoms. The average molecular weight is 346 g/mol. The van der Waals surface area contributed by atoms with E-state index < -0.39 is 0 Å². The highest BCUT2D eigenvalue weighted by Gasteiger charge is 2.17. The van der Waals surface area contributed by atoms with Crippen LogP contribution in [-0.2, 0) is 11.2 Å². The van der Waals surface area contributed by atoms with E-state index in [1.165, 1.54) is 0 Å². The van der Waals surface area contributed by atoms with Crippen LogP contribution in [-0.4, -0.2) is 39.2 Å². The zero-order valence-corrected chi connectivity index (χ0v) is 14.4. The fourth-order valence-corrected chi connectivity index (χ4v) is 3.00. The third-order valence-electron chi connectivity index (χ3n) is 4.16. The lowest BCUT2D eigenvalue weighted by Gasteiger charge is -2.30. The smallest absolute Gasteiger partial charge is 0.167 e. The van der Waals surface area contributed by atoms with Gasteiger partial charge in [-0.25, -0.2) is 0 Å². The summed E-state index contributed by atoms with van der Waals surface area (Å²) in [6, 6.07) is 12.9. The van der Waals surface area contributed by atoms with Crippen LogP contribution in [0.3, 0.4) is 0 Å². The molecule has 24 heavy (non-hydrogen) atoms. The first-order valence-electron chi connectivity index (χ1n) is 7.96. The number of carbonyl (C=O) groups excluding carboxylic acids is 1. The number of hydrogen-bond donors (Lipinski definition) is 0. The molecule has 0 atom stereocenters. The van der Waals surface area contributed by atoms with Crippen molar-refractivity contribution in [3.05, 3.63) is 58.6 Å². The molecule has 0 unspecified atom stereocenters. The van der Waals surface area contributed by atoms with Gasteiger partial charge in [-0.05, 0) is 42.0 Å². The maximum absolute atomic E-state index is 12.6. The van der Waals surface area contributed by atoms with Crippen molar-refractivity contribution in [2.45, 2.75) is 6.42 Å². The summed E-state index contributed by atoms with van der Waals surface area (Å²) >= 11 is 6.17. The number of nitrogens with zero attached hydrogens (tertiary/aromatic N) is 1. The van der Waals surface area contributed by atoms with Crippen LogP contribution in [0.25, 0.3) is 0 Å². The van der Waals surface area contributed by atoms with E-state index in [4.69, 9.17) is 21.1 Å². The second-order valence-corrected chi connectivity index (χ2v) is 6.14. The summed E-state index contributed by atoms with van der Waals surface area (Å²) in [4.78, 5) is 14.8. The van der Waals surface area contributed by atoms with Gasteiger partial charge in [0.1, 0.15) is 5.75 Å². The van der Waals surface area contributed by atoms with E-state index in [1.807, 2.05) is 18.2 Å². The Kier molecular flexibility index (Phi) is 5.38. The highest BCUT2D eigenvalue weighted by Crippen LogP contribution is 2.27. The molecule has 1 aliphatic heterocycles. The molecule has 0 saturated carbocycles. The Morgan fingerprint density at radius 2 is 1.88 bits per heavy atom. The third kappa shape index (κ3) is 3.89. The Hall–Kier alpha value is -2.04. The van der Waals surface area contributed by atoms with Crippen molar-refractivity contribution >= 4 is 23.1 Å². The first-order chi connectivity index (χ1) is 11.7. The largest absolute Gasteiger partial charge is 0.497 e. The topological polar surface area (TPSA) is 38.8 Å². The molecule has 0 bridgehead atoms. The molecule has 1 aliphatic rings. The molecule has 1 saturated heterocycles. The summed E-state index contributed by atoms with van der Waals surface area (Å²) in [7, 11) is 1.61. The van der Waals surface area contributed by atoms with Crippen LogP contribution in [0.5, 0.6) is 5.75 Å². The number of Topliss-reactive ketones (excluding diaryl/α,β-unsaturated/α-hetero) is 1. The standard InChI is InChI=1S/C19H20ClNO3/c1-23-17-6-3-14(4-7-17)19(22)12-15-2-5-16(20)13-18(15)21-8-10-24-11-9-21/h2-7,13H,8-12H2,1H3. The monoisotopic (exact) mass is 345 g/mol. The van der Waals surface area contributed by atoms with Crippen LogP contribution in [0.1, 0.15) is 15.9 Å². The minimum atomic E-state index is 0.0782. The molecule has 2 aromatic carbocycles. The van der Waals surface area contributed by atoms with Crippen molar-refractivity contribution in [1.29, 1.82) is 0 Å². The molecule has 0 radical (unpaired) electrons. The number of morpholine rings is 1. The fraction of sp³-hybridized carbons (Fsp3) is 0.316. The predicted molar refractivity (Wildman–Crippen MR) is 95.5 cm³/mol.